The van der Waals surface area contributed by atoms with Crippen LogP contribution in [0.5, 0.6) is 0 Å². The van der Waals surface area contributed by atoms with Crippen LogP contribution < -0.4 is 0 Å². The van der Waals surface area contributed by atoms with Gasteiger partial charge in [0.25, 0.3) is 0 Å². The fourth-order valence-electron chi connectivity index (χ4n) is 13.4. The van der Waals surface area contributed by atoms with Gasteiger partial charge in [-0.15, -0.1) is 0 Å². The lowest BCUT2D eigenvalue weighted by Gasteiger charge is -2.60. The SMILES string of the molecule is C=C(CCC1(OC)OC2CC3C4CC=C5CC(OC6OCC(O)C(O)C6OC6OC(C)C(O)C(O)C6O)CC(O)C5(C)C4CCC3(C)C2C1C)COC1OC(CO)C(O)C(O)C1O. The summed E-state index contributed by atoms with van der Waals surface area (Å²) in [7, 11) is 1.68. The smallest absolute Gasteiger partial charge is 0.187 e. The number of hydrogen-bond donors (Lipinski definition) is 10. The summed E-state index contributed by atoms with van der Waals surface area (Å²) in [5.74, 6) is 0.374. The highest BCUT2D eigenvalue weighted by Gasteiger charge is 2.69. The zero-order valence-electron chi connectivity index (χ0n) is 37.0. The van der Waals surface area contributed by atoms with Crippen molar-refractivity contribution in [2.24, 2.45) is 40.4 Å². The van der Waals surface area contributed by atoms with Crippen molar-refractivity contribution in [2.45, 2.75) is 189 Å². The fourth-order valence-corrected chi connectivity index (χ4v) is 13.4. The Morgan fingerprint density at radius 2 is 1.56 bits per heavy atom. The van der Waals surface area contributed by atoms with Gasteiger partial charge in [-0.3, -0.25) is 0 Å². The van der Waals surface area contributed by atoms with Crippen molar-refractivity contribution in [1.82, 2.24) is 0 Å². The van der Waals surface area contributed by atoms with Crippen LogP contribution in [0.15, 0.2) is 23.8 Å². The Balaban J connectivity index is 0.899. The van der Waals surface area contributed by atoms with Crippen LogP contribution in [0.1, 0.15) is 79.1 Å². The molecule has 0 bridgehead atoms. The molecule has 8 rings (SSSR count). The lowest BCUT2D eigenvalue weighted by Crippen LogP contribution is -2.62. The molecule has 0 aromatic heterocycles. The third-order valence-electron chi connectivity index (χ3n) is 17.2. The maximum Gasteiger partial charge on any atom is 0.187 e. The van der Waals surface area contributed by atoms with Crippen LogP contribution in [0.2, 0.25) is 0 Å². The van der Waals surface area contributed by atoms with Gasteiger partial charge >= 0.3 is 0 Å². The molecule has 18 nitrogen and oxygen atoms in total. The Bertz CT molecular complexity index is 1650. The average molecular weight is 901 g/mol. The quantitative estimate of drug-likeness (QED) is 0.109. The van der Waals surface area contributed by atoms with E-state index in [-0.39, 0.29) is 42.5 Å². The average Bonchev–Trinajstić information content (AvgIpc) is 3.72. The highest BCUT2D eigenvalue weighted by Crippen LogP contribution is 2.70. The Hall–Kier alpha value is -1.24. The van der Waals surface area contributed by atoms with E-state index in [1.165, 1.54) is 6.92 Å². The summed E-state index contributed by atoms with van der Waals surface area (Å²) in [6, 6.07) is 0. The zero-order valence-corrected chi connectivity index (χ0v) is 37.0. The number of ether oxygens (including phenoxy) is 8. The molecule has 18 heteroatoms. The molecule has 4 aliphatic carbocycles. The van der Waals surface area contributed by atoms with Crippen molar-refractivity contribution in [2.75, 3.05) is 26.9 Å². The second-order valence-corrected chi connectivity index (χ2v) is 20.4. The van der Waals surface area contributed by atoms with E-state index in [0.29, 0.717) is 43.1 Å². The molecule has 360 valence electrons. The minimum absolute atomic E-state index is 0.0178. The summed E-state index contributed by atoms with van der Waals surface area (Å²) in [6.07, 6.45) is -12.4. The summed E-state index contributed by atoms with van der Waals surface area (Å²) < 4.78 is 48.3. The molecule has 25 atom stereocenters. The molecule has 0 spiro atoms. The van der Waals surface area contributed by atoms with Crippen molar-refractivity contribution in [3.8, 4) is 0 Å². The van der Waals surface area contributed by atoms with Gasteiger partial charge in [-0.25, -0.2) is 0 Å². The van der Waals surface area contributed by atoms with Crippen LogP contribution in [0.3, 0.4) is 0 Å². The van der Waals surface area contributed by atoms with Gasteiger partial charge in [-0.2, -0.15) is 0 Å². The number of hydrogen-bond acceptors (Lipinski definition) is 18. The predicted octanol–water partition coefficient (Wildman–Crippen LogP) is -0.647. The van der Waals surface area contributed by atoms with Crippen molar-refractivity contribution in [1.29, 1.82) is 0 Å². The monoisotopic (exact) mass is 900 g/mol. The fraction of sp³-hybridized carbons (Fsp3) is 0.911. The van der Waals surface area contributed by atoms with Crippen LogP contribution >= 0.6 is 0 Å². The minimum atomic E-state index is -1.64. The summed E-state index contributed by atoms with van der Waals surface area (Å²) in [5, 5.41) is 105. The van der Waals surface area contributed by atoms with Gasteiger partial charge in [-0.05, 0) is 74.5 Å². The van der Waals surface area contributed by atoms with Gasteiger partial charge in [0.1, 0.15) is 61.0 Å². The lowest BCUT2D eigenvalue weighted by molar-refractivity contribution is -0.358. The van der Waals surface area contributed by atoms with E-state index in [9.17, 15) is 51.1 Å². The molecular formula is C45H72O18. The first kappa shape index (κ1) is 48.2. The predicted molar refractivity (Wildman–Crippen MR) is 218 cm³/mol. The molecule has 0 aromatic carbocycles. The summed E-state index contributed by atoms with van der Waals surface area (Å²) >= 11 is 0. The number of aliphatic hydroxyl groups excluding tert-OH is 10. The standard InChI is InChI=1S/C45H72O18/c1-19(17-57-40-37(54)36(53)34(51)29(16-46)61-40)9-12-45(56-6)20(2)31-28(63-45)15-26-24-8-7-22-13-23(14-30(48)44(22,5)25(24)10-11-43(26,31)4)60-42-39(33(50)27(47)18-58-42)62-41-38(55)35(52)32(49)21(3)59-41/h7,20-21,23-42,46-55H,1,8-18H2,2-6H3. The van der Waals surface area contributed by atoms with E-state index in [1.54, 1.807) is 7.11 Å². The first-order chi connectivity index (χ1) is 29.8. The topological polar surface area (TPSA) is 276 Å². The Labute approximate surface area is 368 Å². The van der Waals surface area contributed by atoms with E-state index in [2.05, 4.69) is 33.4 Å². The molecule has 10 N–H and O–H groups in total. The van der Waals surface area contributed by atoms with E-state index in [1.807, 2.05) is 0 Å². The van der Waals surface area contributed by atoms with E-state index in [4.69, 9.17) is 37.9 Å². The van der Waals surface area contributed by atoms with Crippen molar-refractivity contribution < 1.29 is 89.0 Å². The van der Waals surface area contributed by atoms with E-state index < -0.39 is 116 Å². The highest BCUT2D eigenvalue weighted by molar-refractivity contribution is 5.28. The number of allylic oxidation sites excluding steroid dienone is 1. The molecule has 7 fully saturated rings. The molecule has 25 unspecified atom stereocenters. The van der Waals surface area contributed by atoms with Gasteiger partial charge in [0, 0.05) is 31.3 Å². The minimum Gasteiger partial charge on any atom is -0.394 e. The van der Waals surface area contributed by atoms with Crippen molar-refractivity contribution in [3.05, 3.63) is 23.8 Å². The van der Waals surface area contributed by atoms with Crippen LogP contribution in [-0.4, -0.2) is 188 Å². The Kier molecular flexibility index (Phi) is 14.0. The second-order valence-electron chi connectivity index (χ2n) is 20.4. The second kappa shape index (κ2) is 18.3. The Morgan fingerprint density at radius 1 is 0.841 bits per heavy atom. The molecular weight excluding hydrogens is 828 g/mol. The largest absolute Gasteiger partial charge is 0.394 e. The molecule has 4 heterocycles. The summed E-state index contributed by atoms with van der Waals surface area (Å²) in [4.78, 5) is 0. The third-order valence-corrected chi connectivity index (χ3v) is 17.2. The van der Waals surface area contributed by atoms with Crippen molar-refractivity contribution in [3.63, 3.8) is 0 Å². The van der Waals surface area contributed by atoms with Crippen LogP contribution in [-0.2, 0) is 37.9 Å². The van der Waals surface area contributed by atoms with E-state index >= 15 is 0 Å². The molecule has 63 heavy (non-hydrogen) atoms. The maximum absolute atomic E-state index is 12.1. The van der Waals surface area contributed by atoms with Gasteiger partial charge in [0.2, 0.25) is 0 Å². The molecule has 4 aliphatic heterocycles. The highest BCUT2D eigenvalue weighted by atomic mass is 16.8. The molecule has 0 aromatic rings. The van der Waals surface area contributed by atoms with Gasteiger partial charge in [0.15, 0.2) is 24.7 Å². The molecule has 8 aliphatic rings. The van der Waals surface area contributed by atoms with Gasteiger partial charge in [-0.1, -0.05) is 44.6 Å². The van der Waals surface area contributed by atoms with Crippen molar-refractivity contribution >= 4 is 0 Å². The number of fused-ring (bicyclic) bond motifs is 7. The summed E-state index contributed by atoms with van der Waals surface area (Å²) in [5.41, 5.74) is 1.31. The zero-order chi connectivity index (χ0) is 45.5. The number of methoxy groups -OCH3 is 1. The lowest BCUT2D eigenvalue weighted by atomic mass is 9.46. The summed E-state index contributed by atoms with van der Waals surface area (Å²) in [6.45, 7) is 11.8. The Morgan fingerprint density at radius 3 is 2.27 bits per heavy atom. The van der Waals surface area contributed by atoms with Gasteiger partial charge < -0.3 is 89.0 Å². The first-order valence-electron chi connectivity index (χ1n) is 23.0. The van der Waals surface area contributed by atoms with Crippen LogP contribution in [0.25, 0.3) is 0 Å². The number of aliphatic hydroxyl groups is 10. The maximum atomic E-state index is 12.1. The molecule has 0 radical (unpaired) electrons. The van der Waals surface area contributed by atoms with E-state index in [0.717, 1.165) is 31.3 Å². The number of rotatable bonds is 12. The molecule has 4 saturated heterocycles. The normalized spacial score (nSPS) is 54.4. The van der Waals surface area contributed by atoms with Gasteiger partial charge in [0.05, 0.1) is 44.2 Å². The molecule has 3 saturated carbocycles. The first-order valence-corrected chi connectivity index (χ1v) is 23.0. The van der Waals surface area contributed by atoms with Crippen LogP contribution in [0, 0.1) is 40.4 Å². The molecule has 0 amide bonds. The van der Waals surface area contributed by atoms with Crippen LogP contribution in [0.4, 0.5) is 0 Å². The third kappa shape index (κ3) is 8.22.